The fourth-order valence-corrected chi connectivity index (χ4v) is 1.37. The SMILES string of the molecule is CCCCOc1ccc(C=CCC[C]=O)cc1. The number of benzene rings is 1. The smallest absolute Gasteiger partial charge is 0.198 e. The molecule has 0 fully saturated rings. The number of carbonyl (C=O) groups excluding carboxylic acids is 1. The van der Waals surface area contributed by atoms with E-state index in [4.69, 9.17) is 4.74 Å². The summed E-state index contributed by atoms with van der Waals surface area (Å²) in [5.74, 6) is 0.914. The van der Waals surface area contributed by atoms with Gasteiger partial charge >= 0.3 is 0 Å². The third-order valence-electron chi connectivity index (χ3n) is 2.37. The lowest BCUT2D eigenvalue weighted by Crippen LogP contribution is -1.95. The number of unbranched alkanes of at least 4 members (excludes halogenated alkanes) is 2. The van der Waals surface area contributed by atoms with Crippen LogP contribution in [0.1, 0.15) is 38.2 Å². The first-order chi connectivity index (χ1) is 8.36. The van der Waals surface area contributed by atoms with E-state index < -0.39 is 0 Å². The second-order valence-electron chi connectivity index (χ2n) is 3.86. The van der Waals surface area contributed by atoms with Crippen LogP contribution < -0.4 is 4.74 Å². The molecule has 0 saturated heterocycles. The number of allylic oxidation sites excluding steroid dienone is 1. The fourth-order valence-electron chi connectivity index (χ4n) is 1.37. The topological polar surface area (TPSA) is 26.3 Å². The highest BCUT2D eigenvalue weighted by Crippen LogP contribution is 2.13. The van der Waals surface area contributed by atoms with Gasteiger partial charge in [-0.3, -0.25) is 4.79 Å². The number of ether oxygens (including phenoxy) is 1. The highest BCUT2D eigenvalue weighted by molar-refractivity contribution is 5.53. The summed E-state index contributed by atoms with van der Waals surface area (Å²) in [6.07, 6.45) is 9.31. The summed E-state index contributed by atoms with van der Waals surface area (Å²) in [6.45, 7) is 2.93. The van der Waals surface area contributed by atoms with Gasteiger partial charge in [-0.1, -0.05) is 37.6 Å². The minimum atomic E-state index is 0.467. The van der Waals surface area contributed by atoms with Crippen molar-refractivity contribution in [2.45, 2.75) is 32.6 Å². The van der Waals surface area contributed by atoms with Gasteiger partial charge in [0.15, 0.2) is 6.29 Å². The maximum absolute atomic E-state index is 10.0. The van der Waals surface area contributed by atoms with Gasteiger partial charge in [-0.25, -0.2) is 0 Å². The molecule has 1 radical (unpaired) electrons. The zero-order chi connectivity index (χ0) is 12.3. The predicted molar refractivity (Wildman–Crippen MR) is 70.8 cm³/mol. The first kappa shape index (κ1) is 13.5. The van der Waals surface area contributed by atoms with E-state index in [0.717, 1.165) is 37.2 Å². The van der Waals surface area contributed by atoms with Gasteiger partial charge in [-0.2, -0.15) is 0 Å². The molecule has 91 valence electrons. The van der Waals surface area contributed by atoms with E-state index in [9.17, 15) is 4.79 Å². The van der Waals surface area contributed by atoms with Gasteiger partial charge in [0.25, 0.3) is 0 Å². The van der Waals surface area contributed by atoms with Gasteiger partial charge in [0, 0.05) is 6.42 Å². The summed E-state index contributed by atoms with van der Waals surface area (Å²) in [4.78, 5) is 10.0. The third kappa shape index (κ3) is 5.91. The molecule has 1 aromatic rings. The lowest BCUT2D eigenvalue weighted by atomic mass is 10.2. The number of hydrogen-bond donors (Lipinski definition) is 0. The van der Waals surface area contributed by atoms with Crippen LogP contribution in [0.4, 0.5) is 0 Å². The Hall–Kier alpha value is -1.57. The highest BCUT2D eigenvalue weighted by atomic mass is 16.5. The van der Waals surface area contributed by atoms with Gasteiger partial charge in [0.05, 0.1) is 6.61 Å². The van der Waals surface area contributed by atoms with Crippen LogP contribution in [0.25, 0.3) is 6.08 Å². The highest BCUT2D eigenvalue weighted by Gasteiger charge is 1.92. The average Bonchev–Trinajstić information content (AvgIpc) is 2.37. The molecule has 1 aromatic carbocycles. The van der Waals surface area contributed by atoms with E-state index in [1.165, 1.54) is 0 Å². The summed E-state index contributed by atoms with van der Waals surface area (Å²) < 4.78 is 5.57. The monoisotopic (exact) mass is 231 g/mol. The fraction of sp³-hybridized carbons (Fsp3) is 0.400. The Morgan fingerprint density at radius 2 is 2.06 bits per heavy atom. The van der Waals surface area contributed by atoms with Crippen LogP contribution in [0.15, 0.2) is 30.3 Å². The van der Waals surface area contributed by atoms with Gasteiger partial charge in [-0.15, -0.1) is 0 Å². The molecule has 0 atom stereocenters. The zero-order valence-corrected chi connectivity index (χ0v) is 10.3. The van der Waals surface area contributed by atoms with E-state index in [1.807, 2.05) is 42.7 Å². The quantitative estimate of drug-likeness (QED) is 0.637. The molecule has 2 heteroatoms. The summed E-state index contributed by atoms with van der Waals surface area (Å²) in [6, 6.07) is 7.98. The Balaban J connectivity index is 2.38. The minimum absolute atomic E-state index is 0.467. The van der Waals surface area contributed by atoms with E-state index in [0.29, 0.717) is 6.42 Å². The summed E-state index contributed by atoms with van der Waals surface area (Å²) in [5, 5.41) is 0. The second-order valence-corrected chi connectivity index (χ2v) is 3.86. The third-order valence-corrected chi connectivity index (χ3v) is 2.37. The summed E-state index contributed by atoms with van der Waals surface area (Å²) >= 11 is 0. The standard InChI is InChI=1S/C15H19O2/c1-2-3-13-17-15-10-8-14(9-11-15)7-5-4-6-12-16/h5,7-11H,2-4,6,13H2,1H3. The van der Waals surface area contributed by atoms with Crippen molar-refractivity contribution in [3.63, 3.8) is 0 Å². The minimum Gasteiger partial charge on any atom is -0.494 e. The molecule has 0 aliphatic heterocycles. The second kappa shape index (κ2) is 8.57. The molecular formula is C15H19O2. The van der Waals surface area contributed by atoms with Crippen LogP contribution in [-0.4, -0.2) is 12.9 Å². The Labute approximate surface area is 103 Å². The van der Waals surface area contributed by atoms with Crippen LogP contribution in [0.3, 0.4) is 0 Å². The number of hydrogen-bond acceptors (Lipinski definition) is 2. The van der Waals surface area contributed by atoms with Gasteiger partial charge < -0.3 is 4.74 Å². The Bertz CT molecular complexity index is 338. The molecule has 1 rings (SSSR count). The molecule has 2 nitrogen and oxygen atoms in total. The number of rotatable bonds is 8. The molecular weight excluding hydrogens is 212 g/mol. The van der Waals surface area contributed by atoms with Gasteiger partial charge in [0.2, 0.25) is 0 Å². The van der Waals surface area contributed by atoms with Crippen LogP contribution in [0.5, 0.6) is 5.75 Å². The maximum Gasteiger partial charge on any atom is 0.198 e. The van der Waals surface area contributed by atoms with Gasteiger partial charge in [-0.05, 0) is 30.5 Å². The van der Waals surface area contributed by atoms with Gasteiger partial charge in [0.1, 0.15) is 5.75 Å². The Morgan fingerprint density at radius 1 is 1.29 bits per heavy atom. The van der Waals surface area contributed by atoms with Crippen LogP contribution >= 0.6 is 0 Å². The summed E-state index contributed by atoms with van der Waals surface area (Å²) in [7, 11) is 0. The molecule has 0 unspecified atom stereocenters. The molecule has 0 amide bonds. The molecule has 0 spiro atoms. The molecule has 0 aliphatic carbocycles. The normalized spacial score (nSPS) is 10.6. The van der Waals surface area contributed by atoms with E-state index in [-0.39, 0.29) is 0 Å². The lowest BCUT2D eigenvalue weighted by Gasteiger charge is -2.04. The van der Waals surface area contributed by atoms with Crippen molar-refractivity contribution >= 4 is 12.4 Å². The molecule has 0 N–H and O–H groups in total. The molecule has 0 saturated carbocycles. The van der Waals surface area contributed by atoms with E-state index in [1.54, 1.807) is 0 Å². The zero-order valence-electron chi connectivity index (χ0n) is 10.3. The first-order valence-electron chi connectivity index (χ1n) is 6.11. The predicted octanol–water partition coefficient (Wildman–Crippen LogP) is 3.77. The summed E-state index contributed by atoms with van der Waals surface area (Å²) in [5.41, 5.74) is 1.12. The molecule has 17 heavy (non-hydrogen) atoms. The van der Waals surface area contributed by atoms with Crippen molar-refractivity contribution in [2.75, 3.05) is 6.61 Å². The average molecular weight is 231 g/mol. The molecule has 0 heterocycles. The largest absolute Gasteiger partial charge is 0.494 e. The van der Waals surface area contributed by atoms with Crippen molar-refractivity contribution in [1.29, 1.82) is 0 Å². The van der Waals surface area contributed by atoms with Crippen LogP contribution in [-0.2, 0) is 4.79 Å². The van der Waals surface area contributed by atoms with Crippen LogP contribution in [0.2, 0.25) is 0 Å². The lowest BCUT2D eigenvalue weighted by molar-refractivity contribution is 0.309. The Morgan fingerprint density at radius 3 is 2.71 bits per heavy atom. The van der Waals surface area contributed by atoms with Crippen LogP contribution in [0, 0.1) is 0 Å². The molecule has 0 aromatic heterocycles. The van der Waals surface area contributed by atoms with E-state index in [2.05, 4.69) is 6.92 Å². The van der Waals surface area contributed by atoms with Crippen molar-refractivity contribution in [2.24, 2.45) is 0 Å². The van der Waals surface area contributed by atoms with Crippen molar-refractivity contribution in [3.8, 4) is 5.75 Å². The van der Waals surface area contributed by atoms with E-state index >= 15 is 0 Å². The Kier molecular flexibility index (Phi) is 6.80. The molecule has 0 aliphatic rings. The first-order valence-corrected chi connectivity index (χ1v) is 6.11. The maximum atomic E-state index is 10.0. The van der Waals surface area contributed by atoms with Crippen molar-refractivity contribution < 1.29 is 9.53 Å². The molecule has 0 bridgehead atoms. The van der Waals surface area contributed by atoms with Crippen molar-refractivity contribution in [3.05, 3.63) is 35.9 Å². The van der Waals surface area contributed by atoms with Crippen molar-refractivity contribution in [1.82, 2.24) is 0 Å².